The van der Waals surface area contributed by atoms with Crippen LogP contribution in [0.1, 0.15) is 52.0 Å². The minimum atomic E-state index is 0.437. The molecule has 1 aliphatic carbocycles. The highest BCUT2D eigenvalue weighted by Gasteiger charge is 2.33. The summed E-state index contributed by atoms with van der Waals surface area (Å²) in [5, 5.41) is 8.20. The molecule has 1 N–H and O–H groups in total. The Kier molecular flexibility index (Phi) is 4.26. The molecule has 1 aromatic rings. The van der Waals surface area contributed by atoms with Gasteiger partial charge in [-0.05, 0) is 46.6 Å². The average Bonchev–Trinajstić information content (AvgIpc) is 2.78. The van der Waals surface area contributed by atoms with Gasteiger partial charge in [-0.2, -0.15) is 11.3 Å². The summed E-state index contributed by atoms with van der Waals surface area (Å²) in [4.78, 5) is 0. The van der Waals surface area contributed by atoms with Gasteiger partial charge in [0.1, 0.15) is 0 Å². The molecule has 2 heteroatoms. The van der Waals surface area contributed by atoms with Crippen molar-refractivity contribution >= 4 is 11.3 Å². The van der Waals surface area contributed by atoms with E-state index in [1.807, 2.05) is 0 Å². The summed E-state index contributed by atoms with van der Waals surface area (Å²) in [6, 6.07) is 2.94. The first-order valence-corrected chi connectivity index (χ1v) is 7.76. The lowest BCUT2D eigenvalue weighted by atomic mass is 9.69. The Morgan fingerprint density at radius 3 is 2.71 bits per heavy atom. The van der Waals surface area contributed by atoms with E-state index in [9.17, 15) is 0 Å². The highest BCUT2D eigenvalue weighted by Crippen LogP contribution is 2.38. The van der Waals surface area contributed by atoms with E-state index in [1.54, 1.807) is 11.3 Å². The lowest BCUT2D eigenvalue weighted by molar-refractivity contribution is 0.130. The molecule has 0 spiro atoms. The van der Waals surface area contributed by atoms with E-state index in [0.717, 1.165) is 12.5 Å². The molecule has 1 aliphatic rings. The predicted octanol–water partition coefficient (Wildman–Crippen LogP) is 4.44. The molecule has 1 nitrogen and oxygen atoms in total. The van der Waals surface area contributed by atoms with Gasteiger partial charge in [0.05, 0.1) is 0 Å². The molecular formula is C15H25NS. The molecule has 17 heavy (non-hydrogen) atoms. The summed E-state index contributed by atoms with van der Waals surface area (Å²) in [6.07, 6.45) is 5.56. The van der Waals surface area contributed by atoms with Crippen molar-refractivity contribution in [2.45, 2.75) is 59.0 Å². The summed E-state index contributed by atoms with van der Waals surface area (Å²) in [5.74, 6) is 0.829. The topological polar surface area (TPSA) is 12.0 Å². The van der Waals surface area contributed by atoms with Gasteiger partial charge in [0, 0.05) is 12.6 Å². The molecule has 0 saturated heterocycles. The predicted molar refractivity (Wildman–Crippen MR) is 76.4 cm³/mol. The molecule has 2 rings (SSSR count). The fourth-order valence-corrected chi connectivity index (χ4v) is 3.72. The number of hydrogen-bond donors (Lipinski definition) is 1. The van der Waals surface area contributed by atoms with E-state index in [1.165, 1.54) is 31.2 Å². The number of thiophene rings is 1. The van der Waals surface area contributed by atoms with Gasteiger partial charge in [0.15, 0.2) is 0 Å². The third-order valence-corrected chi connectivity index (χ3v) is 4.76. The highest BCUT2D eigenvalue weighted by atomic mass is 32.1. The first kappa shape index (κ1) is 13.1. The molecule has 0 radical (unpaired) electrons. The Bertz CT molecular complexity index is 323. The van der Waals surface area contributed by atoms with Crippen LogP contribution in [-0.4, -0.2) is 6.04 Å². The molecule has 1 fully saturated rings. The lowest BCUT2D eigenvalue weighted by Crippen LogP contribution is -2.43. The zero-order chi connectivity index (χ0) is 12.3. The Morgan fingerprint density at radius 2 is 2.06 bits per heavy atom. The zero-order valence-electron chi connectivity index (χ0n) is 11.3. The highest BCUT2D eigenvalue weighted by molar-refractivity contribution is 7.07. The van der Waals surface area contributed by atoms with Crippen LogP contribution in [0.3, 0.4) is 0 Å². The largest absolute Gasteiger partial charge is 0.310 e. The molecule has 0 aromatic carbocycles. The molecule has 1 aromatic heterocycles. The van der Waals surface area contributed by atoms with Gasteiger partial charge in [-0.3, -0.25) is 0 Å². The van der Waals surface area contributed by atoms with Crippen molar-refractivity contribution in [2.24, 2.45) is 11.3 Å². The summed E-state index contributed by atoms with van der Waals surface area (Å²) in [5.41, 5.74) is 1.88. The van der Waals surface area contributed by atoms with E-state index >= 15 is 0 Å². The summed E-state index contributed by atoms with van der Waals surface area (Å²) in [6.45, 7) is 8.22. The number of nitrogens with one attached hydrogen (secondary N) is 1. The smallest absolute Gasteiger partial charge is 0.0216 e. The molecular weight excluding hydrogens is 226 g/mol. The van der Waals surface area contributed by atoms with Gasteiger partial charge in [0.25, 0.3) is 0 Å². The number of rotatable bonds is 3. The number of hydrogen-bond acceptors (Lipinski definition) is 2. The monoisotopic (exact) mass is 251 g/mol. The zero-order valence-corrected chi connectivity index (χ0v) is 12.1. The van der Waals surface area contributed by atoms with E-state index in [0.29, 0.717) is 11.5 Å². The van der Waals surface area contributed by atoms with Crippen molar-refractivity contribution in [1.82, 2.24) is 5.32 Å². The van der Waals surface area contributed by atoms with Crippen molar-refractivity contribution in [1.29, 1.82) is 0 Å². The Hall–Kier alpha value is -0.340. The van der Waals surface area contributed by atoms with Gasteiger partial charge >= 0.3 is 0 Å². The van der Waals surface area contributed by atoms with E-state index in [-0.39, 0.29) is 0 Å². The third kappa shape index (κ3) is 3.56. The van der Waals surface area contributed by atoms with E-state index < -0.39 is 0 Å². The van der Waals surface area contributed by atoms with Gasteiger partial charge in [-0.1, -0.05) is 33.6 Å². The fourth-order valence-electron chi connectivity index (χ4n) is 3.05. The lowest BCUT2D eigenvalue weighted by Gasteiger charge is -2.41. The van der Waals surface area contributed by atoms with Crippen LogP contribution in [0.5, 0.6) is 0 Å². The molecule has 1 heterocycles. The maximum Gasteiger partial charge on any atom is 0.0216 e. The molecule has 1 saturated carbocycles. The van der Waals surface area contributed by atoms with Gasteiger partial charge in [0.2, 0.25) is 0 Å². The van der Waals surface area contributed by atoms with Crippen LogP contribution < -0.4 is 5.32 Å². The first-order chi connectivity index (χ1) is 8.07. The van der Waals surface area contributed by atoms with Crippen LogP contribution in [-0.2, 0) is 6.54 Å². The SMILES string of the molecule is CC(C)(C)C1CCCCC1NCc1ccsc1. The third-order valence-electron chi connectivity index (χ3n) is 4.03. The van der Waals surface area contributed by atoms with Crippen molar-refractivity contribution in [3.8, 4) is 0 Å². The second-order valence-corrected chi connectivity index (χ2v) is 7.16. The molecule has 96 valence electrons. The second kappa shape index (κ2) is 5.53. The van der Waals surface area contributed by atoms with Crippen LogP contribution in [0, 0.1) is 11.3 Å². The van der Waals surface area contributed by atoms with Crippen molar-refractivity contribution in [3.63, 3.8) is 0 Å². The Labute approximate surface area is 110 Å². The molecule has 0 amide bonds. The summed E-state index contributed by atoms with van der Waals surface area (Å²) in [7, 11) is 0. The fraction of sp³-hybridized carbons (Fsp3) is 0.733. The van der Waals surface area contributed by atoms with Crippen molar-refractivity contribution in [2.75, 3.05) is 0 Å². The second-order valence-electron chi connectivity index (χ2n) is 6.38. The van der Waals surface area contributed by atoms with Crippen LogP contribution in [0.25, 0.3) is 0 Å². The Morgan fingerprint density at radius 1 is 1.29 bits per heavy atom. The maximum absolute atomic E-state index is 3.79. The quantitative estimate of drug-likeness (QED) is 0.837. The molecule has 2 unspecified atom stereocenters. The van der Waals surface area contributed by atoms with Crippen LogP contribution >= 0.6 is 11.3 Å². The Balaban J connectivity index is 1.92. The van der Waals surface area contributed by atoms with Gasteiger partial charge < -0.3 is 5.32 Å². The van der Waals surface area contributed by atoms with Crippen LogP contribution in [0.4, 0.5) is 0 Å². The molecule has 0 bridgehead atoms. The minimum absolute atomic E-state index is 0.437. The standard InChI is InChI=1S/C15H25NS/c1-15(2,3)13-6-4-5-7-14(13)16-10-12-8-9-17-11-12/h8-9,11,13-14,16H,4-7,10H2,1-3H3. The van der Waals surface area contributed by atoms with Gasteiger partial charge in [-0.25, -0.2) is 0 Å². The minimum Gasteiger partial charge on any atom is -0.310 e. The summed E-state index contributed by atoms with van der Waals surface area (Å²) < 4.78 is 0. The average molecular weight is 251 g/mol. The summed E-state index contributed by atoms with van der Waals surface area (Å²) >= 11 is 1.79. The van der Waals surface area contributed by atoms with Crippen molar-refractivity contribution < 1.29 is 0 Å². The van der Waals surface area contributed by atoms with Gasteiger partial charge in [-0.15, -0.1) is 0 Å². The van der Waals surface area contributed by atoms with Crippen LogP contribution in [0.15, 0.2) is 16.8 Å². The van der Waals surface area contributed by atoms with Crippen LogP contribution in [0.2, 0.25) is 0 Å². The first-order valence-electron chi connectivity index (χ1n) is 6.82. The van der Waals surface area contributed by atoms with E-state index in [4.69, 9.17) is 0 Å². The normalized spacial score (nSPS) is 26.1. The van der Waals surface area contributed by atoms with Crippen molar-refractivity contribution in [3.05, 3.63) is 22.4 Å². The maximum atomic E-state index is 3.79. The molecule has 2 atom stereocenters. The molecule has 0 aliphatic heterocycles. The van der Waals surface area contributed by atoms with E-state index in [2.05, 4.69) is 42.9 Å².